The highest BCUT2D eigenvalue weighted by Gasteiger charge is 2.44. The molecule has 1 aromatic carbocycles. The van der Waals surface area contributed by atoms with Gasteiger partial charge >= 0.3 is 0 Å². The molecular weight excluding hydrogens is 306 g/mol. The van der Waals surface area contributed by atoms with Crippen molar-refractivity contribution in [2.24, 2.45) is 0 Å². The molecule has 1 aliphatic carbocycles. The van der Waals surface area contributed by atoms with E-state index in [2.05, 4.69) is 0 Å². The number of halogens is 1. The first kappa shape index (κ1) is 15.6. The standard InChI is InChI=1S/C16H20ClNO4/c1-20-10-3-4-12(17)11(9-10)16(19)18-7-8-22-15-13(18)5-6-14(15)21-2/h3-4,9,13-15H,5-8H2,1-2H3/t13-,14-,15+/m0/s1. The molecule has 1 saturated carbocycles. The van der Waals surface area contributed by atoms with Gasteiger partial charge in [-0.05, 0) is 31.0 Å². The van der Waals surface area contributed by atoms with E-state index in [-0.39, 0.29) is 24.2 Å². The number of ether oxygens (including phenoxy) is 3. The lowest BCUT2D eigenvalue weighted by Crippen LogP contribution is -2.53. The molecule has 2 aliphatic rings. The third-order valence-corrected chi connectivity index (χ3v) is 4.83. The quantitative estimate of drug-likeness (QED) is 0.856. The summed E-state index contributed by atoms with van der Waals surface area (Å²) < 4.78 is 16.5. The zero-order chi connectivity index (χ0) is 15.7. The Hall–Kier alpha value is -1.30. The number of fused-ring (bicyclic) bond motifs is 1. The fourth-order valence-electron chi connectivity index (χ4n) is 3.37. The molecule has 1 aliphatic heterocycles. The van der Waals surface area contributed by atoms with Crippen molar-refractivity contribution in [1.29, 1.82) is 0 Å². The fourth-order valence-corrected chi connectivity index (χ4v) is 3.57. The van der Waals surface area contributed by atoms with Crippen molar-refractivity contribution in [3.8, 4) is 5.75 Å². The topological polar surface area (TPSA) is 48.0 Å². The Morgan fingerprint density at radius 3 is 2.91 bits per heavy atom. The lowest BCUT2D eigenvalue weighted by atomic mass is 10.1. The van der Waals surface area contributed by atoms with E-state index in [0.29, 0.717) is 29.5 Å². The maximum Gasteiger partial charge on any atom is 0.255 e. The van der Waals surface area contributed by atoms with Gasteiger partial charge in [-0.1, -0.05) is 11.6 Å². The maximum atomic E-state index is 12.9. The number of morpholine rings is 1. The van der Waals surface area contributed by atoms with Gasteiger partial charge in [-0.2, -0.15) is 0 Å². The second kappa shape index (κ2) is 6.44. The average molecular weight is 326 g/mol. The fraction of sp³-hybridized carbons (Fsp3) is 0.562. The highest BCUT2D eigenvalue weighted by molar-refractivity contribution is 6.33. The maximum absolute atomic E-state index is 12.9. The third-order valence-electron chi connectivity index (χ3n) is 4.50. The summed E-state index contributed by atoms with van der Waals surface area (Å²) in [5.74, 6) is 0.553. The largest absolute Gasteiger partial charge is 0.497 e. The number of rotatable bonds is 3. The van der Waals surface area contributed by atoms with Gasteiger partial charge in [-0.3, -0.25) is 4.79 Å². The van der Waals surface area contributed by atoms with Gasteiger partial charge in [0.05, 0.1) is 36.4 Å². The average Bonchev–Trinajstić information content (AvgIpc) is 2.97. The van der Waals surface area contributed by atoms with Crippen LogP contribution in [-0.4, -0.2) is 56.4 Å². The highest BCUT2D eigenvalue weighted by Crippen LogP contribution is 2.34. The van der Waals surface area contributed by atoms with Gasteiger partial charge in [-0.25, -0.2) is 0 Å². The second-order valence-electron chi connectivity index (χ2n) is 5.60. The first-order valence-corrected chi connectivity index (χ1v) is 7.82. The summed E-state index contributed by atoms with van der Waals surface area (Å²) in [5, 5.41) is 0.440. The van der Waals surface area contributed by atoms with Crippen LogP contribution < -0.4 is 4.74 Å². The Morgan fingerprint density at radius 1 is 1.36 bits per heavy atom. The van der Waals surface area contributed by atoms with E-state index < -0.39 is 0 Å². The SMILES string of the molecule is COc1ccc(Cl)c(C(=O)N2CCO[C@H]3[C@@H](OC)CC[C@@H]32)c1. The van der Waals surface area contributed by atoms with Crippen molar-refractivity contribution < 1.29 is 19.0 Å². The Morgan fingerprint density at radius 2 is 2.18 bits per heavy atom. The van der Waals surface area contributed by atoms with Crippen molar-refractivity contribution in [2.75, 3.05) is 27.4 Å². The smallest absolute Gasteiger partial charge is 0.255 e. The molecule has 0 bridgehead atoms. The van der Waals surface area contributed by atoms with E-state index >= 15 is 0 Å². The van der Waals surface area contributed by atoms with Crippen molar-refractivity contribution in [1.82, 2.24) is 4.90 Å². The monoisotopic (exact) mass is 325 g/mol. The van der Waals surface area contributed by atoms with Gasteiger partial charge in [0.15, 0.2) is 0 Å². The summed E-state index contributed by atoms with van der Waals surface area (Å²) in [6, 6.07) is 5.18. The number of carbonyl (C=O) groups is 1. The molecule has 0 N–H and O–H groups in total. The summed E-state index contributed by atoms with van der Waals surface area (Å²) >= 11 is 6.21. The minimum absolute atomic E-state index is 0.0490. The summed E-state index contributed by atoms with van der Waals surface area (Å²) in [6.07, 6.45) is 1.80. The first-order valence-electron chi connectivity index (χ1n) is 7.44. The molecule has 3 atom stereocenters. The van der Waals surface area contributed by atoms with Crippen molar-refractivity contribution in [2.45, 2.75) is 31.1 Å². The van der Waals surface area contributed by atoms with Crippen LogP contribution in [0.1, 0.15) is 23.2 Å². The Balaban J connectivity index is 1.85. The highest BCUT2D eigenvalue weighted by atomic mass is 35.5. The van der Waals surface area contributed by atoms with Crippen LogP contribution >= 0.6 is 11.6 Å². The predicted molar refractivity (Wildman–Crippen MR) is 82.6 cm³/mol. The number of hydrogen-bond donors (Lipinski definition) is 0. The zero-order valence-electron chi connectivity index (χ0n) is 12.8. The molecule has 120 valence electrons. The van der Waals surface area contributed by atoms with Crippen LogP contribution in [0.4, 0.5) is 0 Å². The first-order chi connectivity index (χ1) is 10.7. The van der Waals surface area contributed by atoms with Crippen LogP contribution in [0.25, 0.3) is 0 Å². The minimum atomic E-state index is -0.0704. The lowest BCUT2D eigenvalue weighted by Gasteiger charge is -2.39. The second-order valence-corrected chi connectivity index (χ2v) is 6.01. The molecule has 2 fully saturated rings. The summed E-state index contributed by atoms with van der Waals surface area (Å²) in [5.41, 5.74) is 0.475. The minimum Gasteiger partial charge on any atom is -0.497 e. The molecular formula is C16H20ClNO4. The summed E-state index contributed by atoms with van der Waals surface area (Å²) in [7, 11) is 3.26. The summed E-state index contributed by atoms with van der Waals surface area (Å²) in [4.78, 5) is 14.8. The van der Waals surface area contributed by atoms with Crippen LogP contribution in [0.15, 0.2) is 18.2 Å². The Kier molecular flexibility index (Phi) is 4.57. The van der Waals surface area contributed by atoms with Gasteiger partial charge in [0.1, 0.15) is 11.9 Å². The van der Waals surface area contributed by atoms with Crippen LogP contribution in [-0.2, 0) is 9.47 Å². The normalized spacial score (nSPS) is 27.6. The van der Waals surface area contributed by atoms with Crippen molar-refractivity contribution >= 4 is 17.5 Å². The zero-order valence-corrected chi connectivity index (χ0v) is 13.5. The van der Waals surface area contributed by atoms with Crippen molar-refractivity contribution in [3.63, 3.8) is 0 Å². The van der Waals surface area contributed by atoms with E-state index in [1.165, 1.54) is 0 Å². The number of benzene rings is 1. The predicted octanol–water partition coefficient (Wildman–Crippen LogP) is 2.37. The van der Waals surface area contributed by atoms with Crippen LogP contribution in [0, 0.1) is 0 Å². The van der Waals surface area contributed by atoms with Crippen LogP contribution in [0.3, 0.4) is 0 Å². The molecule has 0 spiro atoms. The molecule has 0 unspecified atom stereocenters. The van der Waals surface area contributed by atoms with Gasteiger partial charge in [0.25, 0.3) is 5.91 Å². The molecule has 1 saturated heterocycles. The molecule has 0 aromatic heterocycles. The van der Waals surface area contributed by atoms with Gasteiger partial charge in [0, 0.05) is 13.7 Å². The Labute approximate surface area is 135 Å². The van der Waals surface area contributed by atoms with Crippen LogP contribution in [0.5, 0.6) is 5.75 Å². The molecule has 6 heteroatoms. The third kappa shape index (κ3) is 2.69. The molecule has 5 nitrogen and oxygen atoms in total. The molecule has 3 rings (SSSR count). The van der Waals surface area contributed by atoms with Crippen LogP contribution in [0.2, 0.25) is 5.02 Å². The number of hydrogen-bond acceptors (Lipinski definition) is 4. The van der Waals surface area contributed by atoms with Gasteiger partial charge in [-0.15, -0.1) is 0 Å². The Bertz CT molecular complexity index is 565. The molecule has 1 heterocycles. The molecule has 0 radical (unpaired) electrons. The number of amides is 1. The van der Waals surface area contributed by atoms with Gasteiger partial charge < -0.3 is 19.1 Å². The number of nitrogens with zero attached hydrogens (tertiary/aromatic N) is 1. The van der Waals surface area contributed by atoms with E-state index in [1.807, 2.05) is 4.90 Å². The summed E-state index contributed by atoms with van der Waals surface area (Å²) in [6.45, 7) is 1.10. The van der Waals surface area contributed by atoms with E-state index in [1.54, 1.807) is 32.4 Å². The van der Waals surface area contributed by atoms with E-state index in [4.69, 9.17) is 25.8 Å². The van der Waals surface area contributed by atoms with E-state index in [0.717, 1.165) is 12.8 Å². The number of methoxy groups -OCH3 is 2. The van der Waals surface area contributed by atoms with Gasteiger partial charge in [0.2, 0.25) is 0 Å². The molecule has 22 heavy (non-hydrogen) atoms. The molecule has 1 aromatic rings. The van der Waals surface area contributed by atoms with E-state index in [9.17, 15) is 4.79 Å². The lowest BCUT2D eigenvalue weighted by molar-refractivity contribution is -0.0946. The molecule has 1 amide bonds. The van der Waals surface area contributed by atoms with Crippen molar-refractivity contribution in [3.05, 3.63) is 28.8 Å². The number of carbonyl (C=O) groups excluding carboxylic acids is 1.